The van der Waals surface area contributed by atoms with Crippen LogP contribution in [0.15, 0.2) is 0 Å². The zero-order valence-corrected chi connectivity index (χ0v) is 26.7. The maximum Gasteiger partial charge on any atom is 0.305 e. The molecule has 8 nitrogen and oxygen atoms in total. The first-order valence-electron chi connectivity index (χ1n) is 16.3. The largest absolute Gasteiger partial charge is 0.466 e. The molecule has 0 bridgehead atoms. The van der Waals surface area contributed by atoms with E-state index in [4.69, 9.17) is 18.9 Å². The molecule has 0 rings (SSSR count). The molecular weight excluding hydrogens is 524 g/mol. The maximum atomic E-state index is 11.8. The van der Waals surface area contributed by atoms with Crippen molar-refractivity contribution in [2.24, 2.45) is 11.8 Å². The fraction of sp³-hybridized carbons (Fsp3) is 0.879. The topological polar surface area (TPSA) is 105 Å². The van der Waals surface area contributed by atoms with Crippen LogP contribution in [0.25, 0.3) is 0 Å². The number of carbonyl (C=O) groups is 4. The van der Waals surface area contributed by atoms with Gasteiger partial charge < -0.3 is 18.9 Å². The third kappa shape index (κ3) is 30.7. The molecule has 0 aromatic heterocycles. The second kappa shape index (κ2) is 28.0. The fourth-order valence-corrected chi connectivity index (χ4v) is 4.19. The van der Waals surface area contributed by atoms with E-state index in [1.165, 1.54) is 12.8 Å². The van der Waals surface area contributed by atoms with Crippen molar-refractivity contribution in [3.8, 4) is 0 Å². The Bertz CT molecular complexity index is 618. The highest BCUT2D eigenvalue weighted by molar-refractivity contribution is 5.70. The lowest BCUT2D eigenvalue weighted by Crippen LogP contribution is -2.11. The van der Waals surface area contributed by atoms with Crippen molar-refractivity contribution in [1.29, 1.82) is 0 Å². The van der Waals surface area contributed by atoms with Crippen LogP contribution in [0.5, 0.6) is 0 Å². The fourth-order valence-electron chi connectivity index (χ4n) is 4.19. The quantitative estimate of drug-likeness (QED) is 0.0519. The lowest BCUT2D eigenvalue weighted by atomic mass is 10.0. The van der Waals surface area contributed by atoms with E-state index in [0.29, 0.717) is 70.0 Å². The molecule has 0 saturated carbocycles. The Morgan fingerprint density at radius 3 is 0.927 bits per heavy atom. The highest BCUT2D eigenvalue weighted by Gasteiger charge is 2.07. The summed E-state index contributed by atoms with van der Waals surface area (Å²) in [6, 6.07) is 0. The van der Waals surface area contributed by atoms with Gasteiger partial charge in [-0.3, -0.25) is 19.2 Å². The number of esters is 4. The highest BCUT2D eigenvalue weighted by Crippen LogP contribution is 2.11. The van der Waals surface area contributed by atoms with Gasteiger partial charge in [-0.25, -0.2) is 0 Å². The first-order valence-corrected chi connectivity index (χ1v) is 16.3. The van der Waals surface area contributed by atoms with Gasteiger partial charge in [0.05, 0.1) is 26.4 Å². The van der Waals surface area contributed by atoms with Crippen LogP contribution in [0.4, 0.5) is 0 Å². The molecule has 0 aliphatic rings. The molecule has 41 heavy (non-hydrogen) atoms. The lowest BCUT2D eigenvalue weighted by molar-refractivity contribution is -0.147. The van der Waals surface area contributed by atoms with Crippen molar-refractivity contribution in [2.45, 2.75) is 150 Å². The predicted molar refractivity (Wildman–Crippen MR) is 161 cm³/mol. The monoisotopic (exact) mass is 584 g/mol. The highest BCUT2D eigenvalue weighted by atomic mass is 16.5. The molecule has 0 unspecified atom stereocenters. The van der Waals surface area contributed by atoms with Gasteiger partial charge in [0.25, 0.3) is 0 Å². The molecule has 0 radical (unpaired) electrons. The summed E-state index contributed by atoms with van der Waals surface area (Å²) < 4.78 is 20.9. The molecule has 8 heteroatoms. The van der Waals surface area contributed by atoms with Gasteiger partial charge in [0, 0.05) is 32.1 Å². The van der Waals surface area contributed by atoms with Gasteiger partial charge in [-0.05, 0) is 63.2 Å². The second-order valence-electron chi connectivity index (χ2n) is 11.8. The first-order chi connectivity index (χ1) is 19.7. The van der Waals surface area contributed by atoms with E-state index in [1.54, 1.807) is 0 Å². The van der Waals surface area contributed by atoms with Crippen LogP contribution in [0.2, 0.25) is 0 Å². The number of ether oxygens (including phenoxy) is 4. The molecule has 0 amide bonds. The number of hydrogen-bond acceptors (Lipinski definition) is 8. The van der Waals surface area contributed by atoms with Crippen molar-refractivity contribution in [3.63, 3.8) is 0 Å². The van der Waals surface area contributed by atoms with Gasteiger partial charge in [0.2, 0.25) is 0 Å². The molecular formula is C33H60O8. The van der Waals surface area contributed by atoms with E-state index < -0.39 is 0 Å². The first kappa shape index (κ1) is 38.9. The van der Waals surface area contributed by atoms with Gasteiger partial charge in [-0.15, -0.1) is 0 Å². The van der Waals surface area contributed by atoms with E-state index >= 15 is 0 Å². The third-order valence-corrected chi connectivity index (χ3v) is 6.72. The van der Waals surface area contributed by atoms with E-state index in [-0.39, 0.29) is 37.1 Å². The van der Waals surface area contributed by atoms with E-state index in [2.05, 4.69) is 27.7 Å². The summed E-state index contributed by atoms with van der Waals surface area (Å²) in [7, 11) is 0. The number of hydrogen-bond donors (Lipinski definition) is 0. The molecule has 240 valence electrons. The Hall–Kier alpha value is -2.12. The van der Waals surface area contributed by atoms with E-state index in [1.807, 2.05) is 0 Å². The summed E-state index contributed by atoms with van der Waals surface area (Å²) in [6.45, 7) is 10.1. The average molecular weight is 585 g/mol. The summed E-state index contributed by atoms with van der Waals surface area (Å²) in [5.74, 6) is 0.626. The molecule has 0 N–H and O–H groups in total. The van der Waals surface area contributed by atoms with Gasteiger partial charge in [-0.1, -0.05) is 66.2 Å². The number of rotatable bonds is 28. The van der Waals surface area contributed by atoms with Crippen LogP contribution in [-0.4, -0.2) is 50.3 Å². The zero-order chi connectivity index (χ0) is 30.6. The average Bonchev–Trinajstić information content (AvgIpc) is 2.91. The Labute approximate surface area is 250 Å². The Morgan fingerprint density at radius 2 is 0.634 bits per heavy atom. The van der Waals surface area contributed by atoms with Crippen LogP contribution in [0.3, 0.4) is 0 Å². The molecule has 0 saturated heterocycles. The zero-order valence-electron chi connectivity index (χ0n) is 26.7. The van der Waals surface area contributed by atoms with E-state index in [9.17, 15) is 19.2 Å². The summed E-state index contributed by atoms with van der Waals surface area (Å²) in [4.78, 5) is 47.1. The molecule has 0 aromatic rings. The molecule has 0 fully saturated rings. The van der Waals surface area contributed by atoms with Crippen LogP contribution >= 0.6 is 0 Å². The van der Waals surface area contributed by atoms with Crippen LogP contribution in [-0.2, 0) is 38.1 Å². The van der Waals surface area contributed by atoms with Gasteiger partial charge in [0.1, 0.15) is 0 Å². The lowest BCUT2D eigenvalue weighted by Gasteiger charge is -2.07. The van der Waals surface area contributed by atoms with Crippen molar-refractivity contribution < 1.29 is 38.1 Å². The van der Waals surface area contributed by atoms with E-state index in [0.717, 1.165) is 64.2 Å². The molecule has 0 heterocycles. The number of unbranched alkanes of at least 4 members (excludes halogenated alkanes) is 8. The Balaban J connectivity index is 3.44. The van der Waals surface area contributed by atoms with Crippen molar-refractivity contribution in [2.75, 3.05) is 26.4 Å². The van der Waals surface area contributed by atoms with Crippen LogP contribution in [0.1, 0.15) is 150 Å². The molecule has 0 atom stereocenters. The van der Waals surface area contributed by atoms with Crippen LogP contribution in [0, 0.1) is 11.8 Å². The predicted octanol–water partition coefficient (Wildman–Crippen LogP) is 7.88. The van der Waals surface area contributed by atoms with Crippen molar-refractivity contribution in [3.05, 3.63) is 0 Å². The molecule has 0 aromatic carbocycles. The second-order valence-corrected chi connectivity index (χ2v) is 11.8. The smallest absolute Gasteiger partial charge is 0.305 e. The minimum Gasteiger partial charge on any atom is -0.466 e. The van der Waals surface area contributed by atoms with Crippen LogP contribution < -0.4 is 0 Å². The molecule has 0 spiro atoms. The van der Waals surface area contributed by atoms with Gasteiger partial charge >= 0.3 is 23.9 Å². The summed E-state index contributed by atoms with van der Waals surface area (Å²) >= 11 is 0. The van der Waals surface area contributed by atoms with Crippen molar-refractivity contribution >= 4 is 23.9 Å². The summed E-state index contributed by atoms with van der Waals surface area (Å²) in [6.07, 6.45) is 15.2. The third-order valence-electron chi connectivity index (χ3n) is 6.72. The summed E-state index contributed by atoms with van der Waals surface area (Å²) in [5.41, 5.74) is 0. The number of carbonyl (C=O) groups excluding carboxylic acids is 4. The SMILES string of the molecule is CC(C)CCCCCC(=O)OCCCCCC(=O)OCCCOC(=O)CCCCCOC(=O)CCCCCC(C)C. The summed E-state index contributed by atoms with van der Waals surface area (Å²) in [5, 5.41) is 0. The van der Waals surface area contributed by atoms with Crippen molar-refractivity contribution in [1.82, 2.24) is 0 Å². The van der Waals surface area contributed by atoms with Gasteiger partial charge in [-0.2, -0.15) is 0 Å². The Kier molecular flexibility index (Phi) is 26.6. The normalized spacial score (nSPS) is 11.1. The minimum atomic E-state index is -0.262. The molecule has 0 aliphatic carbocycles. The Morgan fingerprint density at radius 1 is 0.366 bits per heavy atom. The standard InChI is InChI=1S/C33H60O8/c1-28(2)18-9-5-11-20-30(34)38-24-15-7-13-22-32(36)40-26-17-27-41-33(37)23-14-8-16-25-39-31(35)21-12-6-10-19-29(3)4/h28-29H,5-27H2,1-4H3. The minimum absolute atomic E-state index is 0.133. The molecule has 0 aliphatic heterocycles. The maximum absolute atomic E-state index is 11.8. The van der Waals surface area contributed by atoms with Gasteiger partial charge in [0.15, 0.2) is 0 Å².